The molecule has 1 heterocycles. The Kier molecular flexibility index (Phi) is 2.22. The fourth-order valence-corrected chi connectivity index (χ4v) is 1.41. The maximum atomic E-state index is 13.5. The summed E-state index contributed by atoms with van der Waals surface area (Å²) < 4.78 is 18.5. The standard InChI is InChI=1S/C11H7FN2O/c1-15-8-2-9-7(4-13)5-14-6-10(9)11(12)3-8/h2-3,5-6H,1H3. The minimum Gasteiger partial charge on any atom is -0.497 e. The van der Waals surface area contributed by atoms with Crippen LogP contribution < -0.4 is 4.74 Å². The molecule has 0 atom stereocenters. The van der Waals surface area contributed by atoms with Gasteiger partial charge in [0.2, 0.25) is 0 Å². The summed E-state index contributed by atoms with van der Waals surface area (Å²) in [7, 11) is 1.45. The number of fused-ring (bicyclic) bond motifs is 1. The zero-order valence-electron chi connectivity index (χ0n) is 7.99. The summed E-state index contributed by atoms with van der Waals surface area (Å²) in [4.78, 5) is 3.80. The average molecular weight is 202 g/mol. The van der Waals surface area contributed by atoms with Gasteiger partial charge in [0.25, 0.3) is 0 Å². The lowest BCUT2D eigenvalue weighted by atomic mass is 10.1. The number of hydrogen-bond donors (Lipinski definition) is 0. The highest BCUT2D eigenvalue weighted by Gasteiger charge is 2.07. The number of benzene rings is 1. The van der Waals surface area contributed by atoms with E-state index in [1.807, 2.05) is 6.07 Å². The van der Waals surface area contributed by atoms with E-state index in [1.165, 1.54) is 25.6 Å². The van der Waals surface area contributed by atoms with Crippen LogP contribution in [0.25, 0.3) is 10.8 Å². The summed E-state index contributed by atoms with van der Waals surface area (Å²) in [6.07, 6.45) is 2.80. The lowest BCUT2D eigenvalue weighted by Gasteiger charge is -2.04. The molecule has 2 rings (SSSR count). The van der Waals surface area contributed by atoms with E-state index in [1.54, 1.807) is 6.07 Å². The van der Waals surface area contributed by atoms with Crippen molar-refractivity contribution in [1.29, 1.82) is 5.26 Å². The highest BCUT2D eigenvalue weighted by atomic mass is 19.1. The molecule has 15 heavy (non-hydrogen) atoms. The van der Waals surface area contributed by atoms with Crippen LogP contribution in [-0.2, 0) is 0 Å². The third-order valence-electron chi connectivity index (χ3n) is 2.16. The van der Waals surface area contributed by atoms with Crippen molar-refractivity contribution in [3.8, 4) is 11.8 Å². The van der Waals surface area contributed by atoms with Gasteiger partial charge < -0.3 is 4.74 Å². The van der Waals surface area contributed by atoms with Gasteiger partial charge in [0.15, 0.2) is 0 Å². The van der Waals surface area contributed by atoms with Gasteiger partial charge in [0.05, 0.1) is 12.7 Å². The largest absolute Gasteiger partial charge is 0.497 e. The molecule has 2 aromatic rings. The van der Waals surface area contributed by atoms with E-state index >= 15 is 0 Å². The summed E-state index contributed by atoms with van der Waals surface area (Å²) in [5.41, 5.74) is 0.338. The molecule has 1 aromatic heterocycles. The number of pyridine rings is 1. The predicted octanol–water partition coefficient (Wildman–Crippen LogP) is 2.25. The summed E-state index contributed by atoms with van der Waals surface area (Å²) in [6, 6.07) is 4.86. The van der Waals surface area contributed by atoms with Crippen LogP contribution in [0.4, 0.5) is 4.39 Å². The lowest BCUT2D eigenvalue weighted by Crippen LogP contribution is -1.89. The fraction of sp³-hybridized carbons (Fsp3) is 0.0909. The van der Waals surface area contributed by atoms with Crippen LogP contribution in [0.3, 0.4) is 0 Å². The van der Waals surface area contributed by atoms with E-state index in [0.717, 1.165) is 0 Å². The summed E-state index contributed by atoms with van der Waals surface area (Å²) in [5.74, 6) is -0.0448. The van der Waals surface area contributed by atoms with Crippen molar-refractivity contribution in [2.24, 2.45) is 0 Å². The second-order valence-corrected chi connectivity index (χ2v) is 3.00. The number of halogens is 1. The van der Waals surface area contributed by atoms with Crippen LogP contribution in [0.2, 0.25) is 0 Å². The first-order valence-electron chi connectivity index (χ1n) is 4.27. The molecule has 0 aliphatic rings. The Bertz CT molecular complexity index is 560. The van der Waals surface area contributed by atoms with E-state index in [9.17, 15) is 4.39 Å². The number of nitriles is 1. The number of aromatic nitrogens is 1. The summed E-state index contributed by atoms with van der Waals surface area (Å²) in [6.45, 7) is 0. The number of ether oxygens (including phenoxy) is 1. The molecule has 0 N–H and O–H groups in total. The molecule has 1 aromatic carbocycles. The van der Waals surface area contributed by atoms with Crippen molar-refractivity contribution < 1.29 is 9.13 Å². The first-order valence-corrected chi connectivity index (χ1v) is 4.27. The monoisotopic (exact) mass is 202 g/mol. The molecule has 3 nitrogen and oxygen atoms in total. The Hall–Kier alpha value is -2.15. The van der Waals surface area contributed by atoms with E-state index in [0.29, 0.717) is 22.1 Å². The molecule has 74 valence electrons. The van der Waals surface area contributed by atoms with Crippen molar-refractivity contribution in [3.63, 3.8) is 0 Å². The van der Waals surface area contributed by atoms with Gasteiger partial charge in [0.1, 0.15) is 17.6 Å². The summed E-state index contributed by atoms with van der Waals surface area (Å²) in [5, 5.41) is 9.68. The third-order valence-corrected chi connectivity index (χ3v) is 2.16. The maximum Gasteiger partial charge on any atom is 0.136 e. The van der Waals surface area contributed by atoms with Gasteiger partial charge in [-0.25, -0.2) is 4.39 Å². The Morgan fingerprint density at radius 1 is 1.33 bits per heavy atom. The maximum absolute atomic E-state index is 13.5. The van der Waals surface area contributed by atoms with Crippen LogP contribution in [0.15, 0.2) is 24.5 Å². The molecule has 0 fully saturated rings. The summed E-state index contributed by atoms with van der Waals surface area (Å²) >= 11 is 0. The first kappa shape index (κ1) is 9.41. The lowest BCUT2D eigenvalue weighted by molar-refractivity contribution is 0.412. The highest BCUT2D eigenvalue weighted by Crippen LogP contribution is 2.25. The topological polar surface area (TPSA) is 45.9 Å². The van der Waals surface area contributed by atoms with Gasteiger partial charge in [-0.1, -0.05) is 0 Å². The van der Waals surface area contributed by atoms with Gasteiger partial charge in [-0.05, 0) is 6.07 Å². The highest BCUT2D eigenvalue weighted by molar-refractivity contribution is 5.88. The van der Waals surface area contributed by atoms with Crippen LogP contribution in [0.5, 0.6) is 5.75 Å². The van der Waals surface area contributed by atoms with Crippen molar-refractivity contribution in [2.75, 3.05) is 7.11 Å². The second-order valence-electron chi connectivity index (χ2n) is 3.00. The van der Waals surface area contributed by atoms with Crippen LogP contribution in [0.1, 0.15) is 5.56 Å². The number of methoxy groups -OCH3 is 1. The number of nitrogens with zero attached hydrogens (tertiary/aromatic N) is 2. The molecule has 0 spiro atoms. The first-order chi connectivity index (χ1) is 7.26. The van der Waals surface area contributed by atoms with E-state index in [2.05, 4.69) is 4.98 Å². The smallest absolute Gasteiger partial charge is 0.136 e. The minimum absolute atomic E-state index is 0.329. The molecule has 0 radical (unpaired) electrons. The molecular formula is C11H7FN2O. The van der Waals surface area contributed by atoms with Crippen LogP contribution in [0, 0.1) is 17.1 Å². The molecular weight excluding hydrogens is 195 g/mol. The van der Waals surface area contributed by atoms with E-state index in [4.69, 9.17) is 10.00 Å². The van der Waals surface area contributed by atoms with Crippen LogP contribution in [-0.4, -0.2) is 12.1 Å². The third kappa shape index (κ3) is 1.48. The molecule has 0 saturated heterocycles. The SMILES string of the molecule is COc1cc(F)c2cncc(C#N)c2c1. The van der Waals surface area contributed by atoms with Crippen molar-refractivity contribution >= 4 is 10.8 Å². The molecule has 0 aliphatic heterocycles. The molecule has 4 heteroatoms. The average Bonchev–Trinajstić information content (AvgIpc) is 2.28. The molecule has 0 amide bonds. The number of hydrogen-bond acceptors (Lipinski definition) is 3. The van der Waals surface area contributed by atoms with Crippen molar-refractivity contribution in [1.82, 2.24) is 4.98 Å². The quantitative estimate of drug-likeness (QED) is 0.712. The number of rotatable bonds is 1. The van der Waals surface area contributed by atoms with Gasteiger partial charge in [-0.15, -0.1) is 0 Å². The normalized spacial score (nSPS) is 9.93. The van der Waals surface area contributed by atoms with E-state index in [-0.39, 0.29) is 0 Å². The minimum atomic E-state index is -0.436. The Morgan fingerprint density at radius 3 is 2.80 bits per heavy atom. The van der Waals surface area contributed by atoms with Crippen molar-refractivity contribution in [2.45, 2.75) is 0 Å². The predicted molar refractivity (Wildman–Crippen MR) is 53.0 cm³/mol. The van der Waals surface area contributed by atoms with Gasteiger partial charge in [-0.2, -0.15) is 5.26 Å². The van der Waals surface area contributed by atoms with Gasteiger partial charge >= 0.3 is 0 Å². The zero-order valence-corrected chi connectivity index (χ0v) is 7.99. The zero-order chi connectivity index (χ0) is 10.8. The fourth-order valence-electron chi connectivity index (χ4n) is 1.41. The van der Waals surface area contributed by atoms with Gasteiger partial charge in [-0.3, -0.25) is 4.98 Å². The molecule has 0 bridgehead atoms. The molecule has 0 unspecified atom stereocenters. The van der Waals surface area contributed by atoms with Crippen LogP contribution >= 0.6 is 0 Å². The Balaban J connectivity index is 2.87. The second kappa shape index (κ2) is 3.54. The van der Waals surface area contributed by atoms with Crippen molar-refractivity contribution in [3.05, 3.63) is 35.9 Å². The Labute approximate surface area is 85.7 Å². The molecule has 0 saturated carbocycles. The Morgan fingerprint density at radius 2 is 2.13 bits per heavy atom. The van der Waals surface area contributed by atoms with E-state index < -0.39 is 5.82 Å². The van der Waals surface area contributed by atoms with Gasteiger partial charge in [0, 0.05) is 29.2 Å². The molecule has 0 aliphatic carbocycles.